The van der Waals surface area contributed by atoms with Crippen LogP contribution in [0, 0.1) is 0 Å². The predicted molar refractivity (Wildman–Crippen MR) is 48.8 cm³/mol. The van der Waals surface area contributed by atoms with E-state index >= 15 is 0 Å². The van der Waals surface area contributed by atoms with Crippen molar-refractivity contribution >= 4 is 16.0 Å². The Morgan fingerprint density at radius 3 is 1.57 bits per heavy atom. The average Bonchev–Trinajstić information content (AvgIpc) is 1.84. The van der Waals surface area contributed by atoms with Crippen LogP contribution in [0.1, 0.15) is 20.8 Å². The first-order valence-corrected chi connectivity index (χ1v) is 4.80. The van der Waals surface area contributed by atoms with E-state index in [0.717, 1.165) is 6.08 Å². The van der Waals surface area contributed by atoms with Crippen molar-refractivity contribution in [2.45, 2.75) is 25.5 Å². The van der Waals surface area contributed by atoms with Crippen molar-refractivity contribution in [2.75, 3.05) is 0 Å². The second-order valence-electron chi connectivity index (χ2n) is 3.17. The van der Waals surface area contributed by atoms with E-state index in [1.165, 1.54) is 20.8 Å². The molecule has 0 saturated carbocycles. The second kappa shape index (κ2) is 7.42. The molecule has 0 aromatic carbocycles. The second-order valence-corrected chi connectivity index (χ2v) is 5.31. The zero-order chi connectivity index (χ0) is 11.3. The van der Waals surface area contributed by atoms with Gasteiger partial charge in [-0.2, -0.15) is 0 Å². The first-order valence-electron chi connectivity index (χ1n) is 3.39. The molecule has 0 aliphatic rings. The molecule has 0 aromatic heterocycles. The molecule has 0 bridgehead atoms. The summed E-state index contributed by atoms with van der Waals surface area (Å²) in [5, 5.41) is 0. The van der Waals surface area contributed by atoms with Crippen LogP contribution in [0.15, 0.2) is 12.7 Å². The van der Waals surface area contributed by atoms with Crippen molar-refractivity contribution in [1.29, 1.82) is 0 Å². The molecule has 1 amide bonds. The number of nitrogens with two attached hydrogens (primary N) is 1. The van der Waals surface area contributed by atoms with Gasteiger partial charge in [-0.05, 0) is 26.8 Å². The molecule has 0 saturated heterocycles. The Morgan fingerprint density at radius 1 is 1.43 bits per heavy atom. The summed E-state index contributed by atoms with van der Waals surface area (Å²) in [6, 6.07) is 0. The summed E-state index contributed by atoms with van der Waals surface area (Å²) in [4.78, 5) is 9.47. The third-order valence-corrected chi connectivity index (χ3v) is 2.45. The van der Waals surface area contributed by atoms with Crippen molar-refractivity contribution in [3.63, 3.8) is 0 Å². The maximum atomic E-state index is 10.1. The molecule has 7 heteroatoms. The minimum Gasteiger partial charge on any atom is -0.748 e. The van der Waals surface area contributed by atoms with Crippen molar-refractivity contribution in [2.24, 2.45) is 5.73 Å². The fraction of sp³-hybridized carbons (Fsp3) is 0.571. The van der Waals surface area contributed by atoms with E-state index in [1.807, 2.05) is 0 Å². The van der Waals surface area contributed by atoms with Gasteiger partial charge in [0.1, 0.15) is 0 Å². The van der Waals surface area contributed by atoms with Gasteiger partial charge in [0.05, 0.1) is 14.9 Å². The summed E-state index contributed by atoms with van der Waals surface area (Å²) >= 11 is 0. The fourth-order valence-corrected chi connectivity index (χ4v) is 0. The van der Waals surface area contributed by atoms with Crippen LogP contribution in [0.4, 0.5) is 0 Å². The fourth-order valence-electron chi connectivity index (χ4n) is 0. The molecule has 2 N–H and O–H groups in total. The van der Waals surface area contributed by atoms with Crippen molar-refractivity contribution in [3.05, 3.63) is 12.7 Å². The number of carbonyl (C=O) groups is 1. The summed E-state index contributed by atoms with van der Waals surface area (Å²) in [6.07, 6.45) is 1.06. The molecule has 0 fully saturated rings. The molecular formula is C7H14NNaO4S. The van der Waals surface area contributed by atoms with Crippen LogP contribution in [-0.4, -0.2) is 23.6 Å². The van der Waals surface area contributed by atoms with Crippen LogP contribution in [0.25, 0.3) is 0 Å². The Kier molecular flexibility index (Phi) is 10.4. The van der Waals surface area contributed by atoms with E-state index in [2.05, 4.69) is 12.3 Å². The van der Waals surface area contributed by atoms with Crippen molar-refractivity contribution in [1.82, 2.24) is 0 Å². The minimum absolute atomic E-state index is 0. The number of hydrogen-bond donors (Lipinski definition) is 1. The number of primary amides is 1. The SMILES string of the molecule is C=CC(N)=O.CC(C)(C)S(=O)(=O)[O-].[Na+]. The average molecular weight is 231 g/mol. The largest absolute Gasteiger partial charge is 1.00 e. The number of carbonyl (C=O) groups excluding carboxylic acids is 1. The van der Waals surface area contributed by atoms with E-state index < -0.39 is 20.8 Å². The molecule has 0 spiro atoms. The smallest absolute Gasteiger partial charge is 0.748 e. The van der Waals surface area contributed by atoms with Gasteiger partial charge in [0.2, 0.25) is 5.91 Å². The van der Waals surface area contributed by atoms with Gasteiger partial charge in [-0.25, -0.2) is 8.42 Å². The number of rotatable bonds is 1. The zero-order valence-electron chi connectivity index (χ0n) is 8.90. The van der Waals surface area contributed by atoms with Gasteiger partial charge < -0.3 is 10.3 Å². The molecule has 14 heavy (non-hydrogen) atoms. The quantitative estimate of drug-likeness (QED) is 0.295. The van der Waals surface area contributed by atoms with Gasteiger partial charge in [-0.3, -0.25) is 4.79 Å². The topological polar surface area (TPSA) is 100 Å². The van der Waals surface area contributed by atoms with Gasteiger partial charge in [0.15, 0.2) is 0 Å². The maximum absolute atomic E-state index is 10.1. The van der Waals surface area contributed by atoms with Crippen LogP contribution in [0.3, 0.4) is 0 Å². The molecule has 0 rings (SSSR count). The van der Waals surface area contributed by atoms with Crippen molar-refractivity contribution < 1.29 is 47.3 Å². The number of amides is 1. The molecule has 0 atom stereocenters. The molecule has 0 aromatic rings. The van der Waals surface area contributed by atoms with E-state index in [4.69, 9.17) is 0 Å². The molecule has 0 radical (unpaired) electrons. The Bertz CT molecular complexity index is 279. The van der Waals surface area contributed by atoms with Crippen LogP contribution >= 0.6 is 0 Å². The van der Waals surface area contributed by atoms with Crippen LogP contribution in [0.2, 0.25) is 0 Å². The standard InChI is InChI=1S/C4H10O3S.C3H5NO.Na/c1-4(2,3)8(5,6)7;1-2-3(4)5;/h1-3H3,(H,5,6,7);2H,1H2,(H2,4,5);/q;;+1/p-1. The van der Waals surface area contributed by atoms with Gasteiger partial charge >= 0.3 is 29.6 Å². The molecule has 78 valence electrons. The van der Waals surface area contributed by atoms with Gasteiger partial charge in [-0.1, -0.05) is 6.58 Å². The van der Waals surface area contributed by atoms with E-state index in [1.54, 1.807) is 0 Å². The summed E-state index contributed by atoms with van der Waals surface area (Å²) in [6.45, 7) is 7.20. The first kappa shape index (κ1) is 19.7. The number of hydrogen-bond acceptors (Lipinski definition) is 4. The van der Waals surface area contributed by atoms with E-state index in [9.17, 15) is 17.8 Å². The molecule has 0 unspecified atom stereocenters. The van der Waals surface area contributed by atoms with Crippen molar-refractivity contribution in [3.8, 4) is 0 Å². The molecule has 0 aliphatic carbocycles. The Balaban J connectivity index is -0.000000177. The third kappa shape index (κ3) is 12.1. The Morgan fingerprint density at radius 2 is 1.57 bits per heavy atom. The zero-order valence-corrected chi connectivity index (χ0v) is 11.7. The Labute approximate surface area is 107 Å². The van der Waals surface area contributed by atoms with Crippen LogP contribution in [-0.2, 0) is 14.9 Å². The summed E-state index contributed by atoms with van der Waals surface area (Å²) < 4.78 is 29.1. The molecule has 5 nitrogen and oxygen atoms in total. The normalized spacial score (nSPS) is 10.3. The monoisotopic (exact) mass is 231 g/mol. The summed E-state index contributed by atoms with van der Waals surface area (Å²) in [5.41, 5.74) is 4.53. The maximum Gasteiger partial charge on any atom is 1.00 e. The van der Waals surface area contributed by atoms with Gasteiger partial charge in [0, 0.05) is 0 Å². The molecular weight excluding hydrogens is 217 g/mol. The summed E-state index contributed by atoms with van der Waals surface area (Å²) in [5.74, 6) is -0.481. The van der Waals surface area contributed by atoms with E-state index in [0.29, 0.717) is 0 Å². The van der Waals surface area contributed by atoms with Crippen LogP contribution < -0.4 is 35.3 Å². The predicted octanol–water partition coefficient (Wildman–Crippen LogP) is -3.01. The van der Waals surface area contributed by atoms with Gasteiger partial charge in [0.25, 0.3) is 0 Å². The van der Waals surface area contributed by atoms with Gasteiger partial charge in [-0.15, -0.1) is 0 Å². The summed E-state index contributed by atoms with van der Waals surface area (Å²) in [7, 11) is -4.09. The first-order chi connectivity index (χ1) is 5.52. The molecule has 0 aliphatic heterocycles. The van der Waals surface area contributed by atoms with E-state index in [-0.39, 0.29) is 29.6 Å². The third-order valence-electron chi connectivity index (χ3n) is 0.951. The minimum atomic E-state index is -4.09. The molecule has 0 heterocycles. The van der Waals surface area contributed by atoms with Crippen LogP contribution in [0.5, 0.6) is 0 Å². The Hall–Kier alpha value is 0.120.